The van der Waals surface area contributed by atoms with Gasteiger partial charge in [0.05, 0.1) is 6.10 Å². The Morgan fingerprint density at radius 2 is 1.95 bits per heavy atom. The molecule has 19 heavy (non-hydrogen) atoms. The summed E-state index contributed by atoms with van der Waals surface area (Å²) in [4.78, 5) is 0. The molecular formula is C16H26FNO. The van der Waals surface area contributed by atoms with Gasteiger partial charge in [0.1, 0.15) is 5.82 Å². The van der Waals surface area contributed by atoms with E-state index in [9.17, 15) is 4.39 Å². The van der Waals surface area contributed by atoms with Crippen molar-refractivity contribution in [2.45, 2.75) is 46.3 Å². The maximum atomic E-state index is 13.3. The molecule has 108 valence electrons. The lowest BCUT2D eigenvalue weighted by atomic mass is 10.1. The molecule has 3 heteroatoms. The van der Waals surface area contributed by atoms with Crippen LogP contribution in [0.5, 0.6) is 0 Å². The molecule has 0 aromatic heterocycles. The normalized spacial score (nSPS) is 13.8. The van der Waals surface area contributed by atoms with Gasteiger partial charge in [0, 0.05) is 18.7 Å². The molecule has 1 aromatic rings. The standard InChI is InChI=1S/C16H26FNO/c1-12(2)11-19-15(10-18-16(3,4)5)13-7-6-8-14(17)9-13/h6-9,12,15,18H,10-11H2,1-5H3. The average molecular weight is 267 g/mol. The molecule has 0 fully saturated rings. The highest BCUT2D eigenvalue weighted by Crippen LogP contribution is 2.19. The van der Waals surface area contributed by atoms with Gasteiger partial charge >= 0.3 is 0 Å². The van der Waals surface area contributed by atoms with Crippen molar-refractivity contribution >= 4 is 0 Å². The Morgan fingerprint density at radius 3 is 2.47 bits per heavy atom. The molecule has 0 heterocycles. The zero-order valence-electron chi connectivity index (χ0n) is 12.7. The van der Waals surface area contributed by atoms with Crippen molar-refractivity contribution in [2.24, 2.45) is 5.92 Å². The maximum absolute atomic E-state index is 13.3. The summed E-state index contributed by atoms with van der Waals surface area (Å²) < 4.78 is 19.2. The van der Waals surface area contributed by atoms with Crippen LogP contribution in [-0.4, -0.2) is 18.7 Å². The summed E-state index contributed by atoms with van der Waals surface area (Å²) in [7, 11) is 0. The van der Waals surface area contributed by atoms with Crippen molar-refractivity contribution in [2.75, 3.05) is 13.2 Å². The molecule has 0 aliphatic carbocycles. The van der Waals surface area contributed by atoms with E-state index in [1.54, 1.807) is 12.1 Å². The second-order valence-corrected chi connectivity index (χ2v) is 6.40. The Hall–Kier alpha value is -0.930. The SMILES string of the molecule is CC(C)COC(CNC(C)(C)C)c1cccc(F)c1. The minimum Gasteiger partial charge on any atom is -0.372 e. The lowest BCUT2D eigenvalue weighted by Gasteiger charge is -2.26. The molecule has 0 saturated carbocycles. The first-order valence-electron chi connectivity index (χ1n) is 6.90. The van der Waals surface area contributed by atoms with Crippen LogP contribution in [0.25, 0.3) is 0 Å². The van der Waals surface area contributed by atoms with Crippen LogP contribution in [0.15, 0.2) is 24.3 Å². The molecule has 0 spiro atoms. The van der Waals surface area contributed by atoms with Gasteiger partial charge in [-0.1, -0.05) is 26.0 Å². The first-order valence-corrected chi connectivity index (χ1v) is 6.90. The Kier molecular flexibility index (Phi) is 5.95. The highest BCUT2D eigenvalue weighted by atomic mass is 19.1. The third kappa shape index (κ3) is 6.69. The topological polar surface area (TPSA) is 21.3 Å². The number of hydrogen-bond acceptors (Lipinski definition) is 2. The number of rotatable bonds is 6. The summed E-state index contributed by atoms with van der Waals surface area (Å²) in [6.07, 6.45) is -0.114. The molecule has 1 rings (SSSR count). The minimum atomic E-state index is -0.216. The largest absolute Gasteiger partial charge is 0.372 e. The number of halogens is 1. The van der Waals surface area contributed by atoms with E-state index in [-0.39, 0.29) is 17.5 Å². The van der Waals surface area contributed by atoms with Crippen LogP contribution in [0.1, 0.15) is 46.3 Å². The first kappa shape index (κ1) is 16.1. The van der Waals surface area contributed by atoms with E-state index in [0.717, 1.165) is 5.56 Å². The van der Waals surface area contributed by atoms with Crippen LogP contribution < -0.4 is 5.32 Å². The fourth-order valence-electron chi connectivity index (χ4n) is 1.69. The lowest BCUT2D eigenvalue weighted by Crippen LogP contribution is -2.39. The molecule has 1 unspecified atom stereocenters. The van der Waals surface area contributed by atoms with E-state index in [0.29, 0.717) is 19.1 Å². The summed E-state index contributed by atoms with van der Waals surface area (Å²) in [5.41, 5.74) is 0.907. The second-order valence-electron chi connectivity index (χ2n) is 6.40. The van der Waals surface area contributed by atoms with Crippen LogP contribution >= 0.6 is 0 Å². The quantitative estimate of drug-likeness (QED) is 0.843. The highest BCUT2D eigenvalue weighted by molar-refractivity contribution is 5.19. The summed E-state index contributed by atoms with van der Waals surface area (Å²) in [5.74, 6) is 0.247. The van der Waals surface area contributed by atoms with Gasteiger partial charge in [0.2, 0.25) is 0 Å². The molecule has 0 saturated heterocycles. The van der Waals surface area contributed by atoms with E-state index in [4.69, 9.17) is 4.74 Å². The second kappa shape index (κ2) is 7.01. The fraction of sp³-hybridized carbons (Fsp3) is 0.625. The third-order valence-electron chi connectivity index (χ3n) is 2.67. The molecular weight excluding hydrogens is 241 g/mol. The monoisotopic (exact) mass is 267 g/mol. The smallest absolute Gasteiger partial charge is 0.123 e. The molecule has 1 aromatic carbocycles. The van der Waals surface area contributed by atoms with Gasteiger partial charge < -0.3 is 10.1 Å². The minimum absolute atomic E-state index is 0.0206. The average Bonchev–Trinajstić information content (AvgIpc) is 2.27. The number of nitrogens with one attached hydrogen (secondary N) is 1. The highest BCUT2D eigenvalue weighted by Gasteiger charge is 2.17. The van der Waals surface area contributed by atoms with Gasteiger partial charge in [-0.05, 0) is 44.4 Å². The Labute approximate surface area is 116 Å². The molecule has 0 bridgehead atoms. The van der Waals surface area contributed by atoms with Crippen LogP contribution in [0.4, 0.5) is 4.39 Å². The van der Waals surface area contributed by atoms with Crippen LogP contribution in [0, 0.1) is 11.7 Å². The van der Waals surface area contributed by atoms with E-state index < -0.39 is 0 Å². The van der Waals surface area contributed by atoms with Crippen LogP contribution in [0.3, 0.4) is 0 Å². The molecule has 1 N–H and O–H groups in total. The summed E-state index contributed by atoms with van der Waals surface area (Å²) in [6.45, 7) is 11.9. The molecule has 0 aliphatic heterocycles. The van der Waals surface area contributed by atoms with E-state index in [2.05, 4.69) is 39.9 Å². The zero-order chi connectivity index (χ0) is 14.5. The van der Waals surface area contributed by atoms with Gasteiger partial charge in [-0.15, -0.1) is 0 Å². The van der Waals surface area contributed by atoms with Crippen molar-refractivity contribution in [3.05, 3.63) is 35.6 Å². The lowest BCUT2D eigenvalue weighted by molar-refractivity contribution is 0.0313. The Bertz CT molecular complexity index is 385. The summed E-state index contributed by atoms with van der Waals surface area (Å²) in [6, 6.07) is 6.65. The maximum Gasteiger partial charge on any atom is 0.123 e. The predicted molar refractivity (Wildman–Crippen MR) is 77.7 cm³/mol. The molecule has 0 radical (unpaired) electrons. The number of benzene rings is 1. The van der Waals surface area contributed by atoms with Gasteiger partial charge in [-0.3, -0.25) is 0 Å². The van der Waals surface area contributed by atoms with Gasteiger partial charge in [-0.25, -0.2) is 4.39 Å². The zero-order valence-corrected chi connectivity index (χ0v) is 12.7. The van der Waals surface area contributed by atoms with Crippen molar-refractivity contribution in [3.63, 3.8) is 0 Å². The third-order valence-corrected chi connectivity index (χ3v) is 2.67. The molecule has 2 nitrogen and oxygen atoms in total. The fourth-order valence-corrected chi connectivity index (χ4v) is 1.69. The van der Waals surface area contributed by atoms with Crippen molar-refractivity contribution in [1.82, 2.24) is 5.32 Å². The predicted octanol–water partition coefficient (Wildman–Crippen LogP) is 3.93. The molecule has 0 aliphatic rings. The van der Waals surface area contributed by atoms with Crippen LogP contribution in [-0.2, 0) is 4.74 Å². The van der Waals surface area contributed by atoms with Gasteiger partial charge in [0.25, 0.3) is 0 Å². The summed E-state index contributed by atoms with van der Waals surface area (Å²) in [5, 5.41) is 3.42. The van der Waals surface area contributed by atoms with E-state index in [1.807, 2.05) is 6.07 Å². The van der Waals surface area contributed by atoms with Crippen LogP contribution in [0.2, 0.25) is 0 Å². The molecule has 0 amide bonds. The summed E-state index contributed by atoms with van der Waals surface area (Å²) >= 11 is 0. The Balaban J connectivity index is 2.73. The van der Waals surface area contributed by atoms with Gasteiger partial charge in [0.15, 0.2) is 0 Å². The van der Waals surface area contributed by atoms with E-state index in [1.165, 1.54) is 6.07 Å². The van der Waals surface area contributed by atoms with Gasteiger partial charge in [-0.2, -0.15) is 0 Å². The van der Waals surface area contributed by atoms with Crippen molar-refractivity contribution in [3.8, 4) is 0 Å². The number of hydrogen-bond donors (Lipinski definition) is 1. The molecule has 1 atom stereocenters. The Morgan fingerprint density at radius 1 is 1.26 bits per heavy atom. The number of ether oxygens (including phenoxy) is 1. The van der Waals surface area contributed by atoms with Crippen molar-refractivity contribution in [1.29, 1.82) is 0 Å². The van der Waals surface area contributed by atoms with Crippen molar-refractivity contribution < 1.29 is 9.13 Å². The first-order chi connectivity index (χ1) is 8.78. The van der Waals surface area contributed by atoms with E-state index >= 15 is 0 Å².